The van der Waals surface area contributed by atoms with Gasteiger partial charge in [-0.15, -0.1) is 0 Å². The highest BCUT2D eigenvalue weighted by atomic mass is 19.4. The van der Waals surface area contributed by atoms with E-state index in [0.29, 0.717) is 24.3 Å². The van der Waals surface area contributed by atoms with E-state index in [1.807, 2.05) is 6.92 Å². The predicted octanol–water partition coefficient (Wildman–Crippen LogP) is 3.73. The maximum atomic E-state index is 13.5. The molecule has 0 aliphatic carbocycles. The van der Waals surface area contributed by atoms with Crippen LogP contribution in [0.3, 0.4) is 0 Å². The van der Waals surface area contributed by atoms with Gasteiger partial charge in [-0.2, -0.15) is 13.2 Å². The van der Waals surface area contributed by atoms with Crippen molar-refractivity contribution in [3.63, 3.8) is 0 Å². The molecule has 1 N–H and O–H groups in total. The van der Waals surface area contributed by atoms with Gasteiger partial charge in [-0.1, -0.05) is 6.07 Å². The average molecular weight is 285 g/mol. The van der Waals surface area contributed by atoms with Crippen LogP contribution in [-0.4, -0.2) is 16.5 Å². The summed E-state index contributed by atoms with van der Waals surface area (Å²) in [5, 5.41) is 2.87. The van der Waals surface area contributed by atoms with Crippen LogP contribution in [0.4, 0.5) is 23.5 Å². The number of hydrogen-bond acceptors (Lipinski definition) is 3. The van der Waals surface area contributed by atoms with Crippen LogP contribution in [-0.2, 0) is 6.18 Å². The maximum Gasteiger partial charge on any atom is 0.419 e. The molecular weight excluding hydrogens is 274 g/mol. The summed E-state index contributed by atoms with van der Waals surface area (Å²) in [5.74, 6) is -0.982. The van der Waals surface area contributed by atoms with Gasteiger partial charge in [0.05, 0.1) is 11.3 Å². The first kappa shape index (κ1) is 14.2. The van der Waals surface area contributed by atoms with Gasteiger partial charge >= 0.3 is 6.18 Å². The third kappa shape index (κ3) is 3.04. The van der Waals surface area contributed by atoms with Crippen molar-refractivity contribution in [2.45, 2.75) is 13.1 Å². The van der Waals surface area contributed by atoms with Crippen LogP contribution in [0, 0.1) is 5.82 Å². The normalized spacial score (nSPS) is 11.4. The van der Waals surface area contributed by atoms with E-state index >= 15 is 0 Å². The van der Waals surface area contributed by atoms with E-state index in [9.17, 15) is 17.6 Å². The highest BCUT2D eigenvalue weighted by molar-refractivity contribution is 5.60. The number of nitrogens with zero attached hydrogens (tertiary/aromatic N) is 2. The van der Waals surface area contributed by atoms with E-state index in [2.05, 4.69) is 15.3 Å². The minimum atomic E-state index is -4.71. The van der Waals surface area contributed by atoms with Crippen molar-refractivity contribution in [3.05, 3.63) is 41.8 Å². The van der Waals surface area contributed by atoms with Gasteiger partial charge in [0.2, 0.25) is 5.95 Å². The Morgan fingerprint density at radius 3 is 2.55 bits per heavy atom. The standard InChI is InChI=1S/C13H11F4N3/c1-2-18-12-19-6-5-11(20-12)8-3-4-9(10(14)7-8)13(15,16)17/h3-7H,2H2,1H3,(H,18,19,20). The molecule has 1 aromatic heterocycles. The number of halogens is 4. The zero-order valence-electron chi connectivity index (χ0n) is 10.5. The summed E-state index contributed by atoms with van der Waals surface area (Å²) in [4.78, 5) is 8.03. The van der Waals surface area contributed by atoms with Gasteiger partial charge in [0.15, 0.2) is 0 Å². The van der Waals surface area contributed by atoms with Gasteiger partial charge in [0.25, 0.3) is 0 Å². The lowest BCUT2D eigenvalue weighted by molar-refractivity contribution is -0.139. The van der Waals surface area contributed by atoms with Crippen molar-refractivity contribution in [1.29, 1.82) is 0 Å². The third-order valence-electron chi connectivity index (χ3n) is 2.56. The first-order valence-corrected chi connectivity index (χ1v) is 5.86. The highest BCUT2D eigenvalue weighted by Crippen LogP contribution is 2.33. The quantitative estimate of drug-likeness (QED) is 0.873. The van der Waals surface area contributed by atoms with Gasteiger partial charge in [0, 0.05) is 18.3 Å². The van der Waals surface area contributed by atoms with Crippen LogP contribution in [0.25, 0.3) is 11.3 Å². The van der Waals surface area contributed by atoms with E-state index in [-0.39, 0.29) is 5.56 Å². The fourth-order valence-electron chi connectivity index (χ4n) is 1.67. The Kier molecular flexibility index (Phi) is 3.87. The number of anilines is 1. The molecule has 1 aromatic carbocycles. The molecule has 0 radical (unpaired) electrons. The number of nitrogens with one attached hydrogen (secondary N) is 1. The molecule has 0 saturated carbocycles. The number of aromatic nitrogens is 2. The Balaban J connectivity index is 2.39. The van der Waals surface area contributed by atoms with Gasteiger partial charge in [-0.05, 0) is 25.1 Å². The summed E-state index contributed by atoms with van der Waals surface area (Å²) < 4.78 is 50.9. The summed E-state index contributed by atoms with van der Waals surface area (Å²) in [5.41, 5.74) is -0.678. The number of hydrogen-bond donors (Lipinski definition) is 1. The third-order valence-corrected chi connectivity index (χ3v) is 2.56. The molecule has 20 heavy (non-hydrogen) atoms. The molecule has 0 amide bonds. The fraction of sp³-hybridized carbons (Fsp3) is 0.231. The second kappa shape index (κ2) is 5.44. The number of benzene rings is 1. The first-order valence-electron chi connectivity index (χ1n) is 5.86. The summed E-state index contributed by atoms with van der Waals surface area (Å²) in [6, 6.07) is 4.22. The second-order valence-corrected chi connectivity index (χ2v) is 3.99. The van der Waals surface area contributed by atoms with Crippen LogP contribution in [0.15, 0.2) is 30.5 Å². The van der Waals surface area contributed by atoms with Gasteiger partial charge < -0.3 is 5.32 Å². The molecule has 0 aliphatic rings. The Bertz CT molecular complexity index is 611. The maximum absolute atomic E-state index is 13.5. The minimum absolute atomic E-state index is 0.261. The van der Waals surface area contributed by atoms with Gasteiger partial charge in [-0.3, -0.25) is 0 Å². The van der Waals surface area contributed by atoms with E-state index in [1.54, 1.807) is 0 Å². The van der Waals surface area contributed by atoms with E-state index < -0.39 is 17.6 Å². The van der Waals surface area contributed by atoms with Gasteiger partial charge in [0.1, 0.15) is 5.82 Å². The van der Waals surface area contributed by atoms with Crippen molar-refractivity contribution >= 4 is 5.95 Å². The molecule has 0 aliphatic heterocycles. The lowest BCUT2D eigenvalue weighted by Crippen LogP contribution is -2.08. The molecule has 0 unspecified atom stereocenters. The Morgan fingerprint density at radius 2 is 1.95 bits per heavy atom. The van der Waals surface area contributed by atoms with Crippen LogP contribution in [0.1, 0.15) is 12.5 Å². The second-order valence-electron chi connectivity index (χ2n) is 3.99. The molecule has 106 valence electrons. The Labute approximate surface area is 112 Å². The number of rotatable bonds is 3. The molecule has 0 atom stereocenters. The molecule has 0 bridgehead atoms. The SMILES string of the molecule is CCNc1nccc(-c2ccc(C(F)(F)F)c(F)c2)n1. The first-order chi connectivity index (χ1) is 9.41. The smallest absolute Gasteiger partial charge is 0.354 e. The minimum Gasteiger partial charge on any atom is -0.354 e. The van der Waals surface area contributed by atoms with Crippen LogP contribution in [0.5, 0.6) is 0 Å². The molecule has 7 heteroatoms. The van der Waals surface area contributed by atoms with E-state index in [0.717, 1.165) is 6.07 Å². The molecule has 2 aromatic rings. The fourth-order valence-corrected chi connectivity index (χ4v) is 1.67. The van der Waals surface area contributed by atoms with Crippen LogP contribution in [0.2, 0.25) is 0 Å². The summed E-state index contributed by atoms with van der Waals surface area (Å²) in [6.07, 6.45) is -3.25. The van der Waals surface area contributed by atoms with E-state index in [4.69, 9.17) is 0 Å². The van der Waals surface area contributed by atoms with Crippen LogP contribution >= 0.6 is 0 Å². The lowest BCUT2D eigenvalue weighted by Gasteiger charge is -2.09. The molecule has 0 spiro atoms. The van der Waals surface area contributed by atoms with Crippen molar-refractivity contribution < 1.29 is 17.6 Å². The number of alkyl halides is 3. The van der Waals surface area contributed by atoms with Crippen molar-refractivity contribution in [2.75, 3.05) is 11.9 Å². The van der Waals surface area contributed by atoms with Crippen LogP contribution < -0.4 is 5.32 Å². The monoisotopic (exact) mass is 285 g/mol. The van der Waals surface area contributed by atoms with Gasteiger partial charge in [-0.25, -0.2) is 14.4 Å². The lowest BCUT2D eigenvalue weighted by atomic mass is 10.1. The molecular formula is C13H11F4N3. The molecule has 0 fully saturated rings. The van der Waals surface area contributed by atoms with Crippen molar-refractivity contribution in [3.8, 4) is 11.3 Å². The predicted molar refractivity (Wildman–Crippen MR) is 66.6 cm³/mol. The topological polar surface area (TPSA) is 37.8 Å². The summed E-state index contributed by atoms with van der Waals surface area (Å²) >= 11 is 0. The molecule has 3 nitrogen and oxygen atoms in total. The van der Waals surface area contributed by atoms with Crippen molar-refractivity contribution in [1.82, 2.24) is 9.97 Å². The zero-order chi connectivity index (χ0) is 14.8. The Morgan fingerprint density at radius 1 is 1.20 bits per heavy atom. The summed E-state index contributed by atoms with van der Waals surface area (Å²) in [7, 11) is 0. The Hall–Kier alpha value is -2.18. The zero-order valence-corrected chi connectivity index (χ0v) is 10.5. The highest BCUT2D eigenvalue weighted by Gasteiger charge is 2.33. The molecule has 2 rings (SSSR count). The average Bonchev–Trinajstić information content (AvgIpc) is 2.38. The summed E-state index contributed by atoms with van der Waals surface area (Å²) in [6.45, 7) is 2.46. The molecule has 1 heterocycles. The van der Waals surface area contributed by atoms with E-state index in [1.165, 1.54) is 18.3 Å². The van der Waals surface area contributed by atoms with Crippen molar-refractivity contribution in [2.24, 2.45) is 0 Å². The largest absolute Gasteiger partial charge is 0.419 e. The molecule has 0 saturated heterocycles.